The first-order valence-electron chi connectivity index (χ1n) is 7.26. The number of allylic oxidation sites excluding steroid dienone is 1. The van der Waals surface area contributed by atoms with E-state index in [1.54, 1.807) is 12.1 Å². The van der Waals surface area contributed by atoms with Crippen molar-refractivity contribution in [3.8, 4) is 0 Å². The van der Waals surface area contributed by atoms with Gasteiger partial charge in [0, 0.05) is 22.7 Å². The molecule has 0 radical (unpaired) electrons. The van der Waals surface area contributed by atoms with Gasteiger partial charge in [-0.15, -0.1) is 0 Å². The fourth-order valence-corrected chi connectivity index (χ4v) is 2.76. The van der Waals surface area contributed by atoms with Crippen LogP contribution in [0.4, 0.5) is 5.69 Å². The molecule has 7 nitrogen and oxygen atoms in total. The lowest BCUT2D eigenvalue weighted by Gasteiger charge is -2.08. The fourth-order valence-electron chi connectivity index (χ4n) is 2.27. The van der Waals surface area contributed by atoms with Crippen LogP contribution >= 0.6 is 23.2 Å². The third-order valence-corrected chi connectivity index (χ3v) is 4.01. The maximum Gasteiger partial charge on any atom is 0.270 e. The molecular weight excluding hydrogens is 379 g/mol. The van der Waals surface area contributed by atoms with Gasteiger partial charge in [-0.1, -0.05) is 35.3 Å². The highest BCUT2D eigenvalue weighted by Gasteiger charge is 2.19. The Morgan fingerprint density at radius 3 is 2.65 bits per heavy atom. The SMILES string of the molecule is O=C(/C(=C\c1cccc([N+](=O)[O-])c1)n1cncn1)c1ccc(Cl)cc1Cl. The predicted octanol–water partition coefficient (Wildman–Crippen LogP) is 4.37. The first-order chi connectivity index (χ1) is 12.5. The summed E-state index contributed by atoms with van der Waals surface area (Å²) < 4.78 is 1.27. The number of rotatable bonds is 5. The largest absolute Gasteiger partial charge is 0.287 e. The first-order valence-corrected chi connectivity index (χ1v) is 8.02. The summed E-state index contributed by atoms with van der Waals surface area (Å²) in [5, 5.41) is 15.5. The molecule has 3 rings (SSSR count). The van der Waals surface area contributed by atoms with Crippen molar-refractivity contribution >= 4 is 46.4 Å². The highest BCUT2D eigenvalue weighted by atomic mass is 35.5. The van der Waals surface area contributed by atoms with Crippen LogP contribution in [-0.4, -0.2) is 25.5 Å². The number of nitro groups is 1. The zero-order valence-corrected chi connectivity index (χ0v) is 14.6. The Balaban J connectivity index is 2.10. The number of hydrogen-bond acceptors (Lipinski definition) is 5. The van der Waals surface area contributed by atoms with E-state index < -0.39 is 10.7 Å². The van der Waals surface area contributed by atoms with Crippen molar-refractivity contribution in [1.29, 1.82) is 0 Å². The number of carbonyl (C=O) groups excluding carboxylic acids is 1. The number of nitro benzene ring substituents is 1. The monoisotopic (exact) mass is 388 g/mol. The van der Waals surface area contributed by atoms with Crippen LogP contribution < -0.4 is 0 Å². The van der Waals surface area contributed by atoms with Crippen LogP contribution in [0.2, 0.25) is 10.0 Å². The van der Waals surface area contributed by atoms with Crippen molar-refractivity contribution in [1.82, 2.24) is 14.8 Å². The number of nitrogens with zero attached hydrogens (tertiary/aromatic N) is 4. The van der Waals surface area contributed by atoms with E-state index in [1.165, 1.54) is 53.7 Å². The number of non-ortho nitro benzene ring substituents is 1. The molecule has 0 aliphatic rings. The molecule has 2 aromatic carbocycles. The van der Waals surface area contributed by atoms with Crippen LogP contribution in [0.5, 0.6) is 0 Å². The molecule has 0 unspecified atom stereocenters. The number of hydrogen-bond donors (Lipinski definition) is 0. The van der Waals surface area contributed by atoms with Gasteiger partial charge in [0.15, 0.2) is 0 Å². The Kier molecular flexibility index (Phi) is 5.11. The van der Waals surface area contributed by atoms with Crippen molar-refractivity contribution in [3.63, 3.8) is 0 Å². The lowest BCUT2D eigenvalue weighted by atomic mass is 10.1. The molecule has 0 bridgehead atoms. The molecule has 0 saturated carbocycles. The van der Waals surface area contributed by atoms with E-state index in [9.17, 15) is 14.9 Å². The van der Waals surface area contributed by atoms with Crippen LogP contribution in [0.25, 0.3) is 11.8 Å². The average molecular weight is 389 g/mol. The number of benzene rings is 2. The summed E-state index contributed by atoms with van der Waals surface area (Å²) in [6, 6.07) is 10.4. The maximum atomic E-state index is 13.0. The van der Waals surface area contributed by atoms with Gasteiger partial charge in [-0.25, -0.2) is 9.67 Å². The van der Waals surface area contributed by atoms with E-state index >= 15 is 0 Å². The molecular formula is C17H10Cl2N4O3. The lowest BCUT2D eigenvalue weighted by Crippen LogP contribution is -2.10. The van der Waals surface area contributed by atoms with Crippen molar-refractivity contribution < 1.29 is 9.72 Å². The van der Waals surface area contributed by atoms with Crippen LogP contribution in [0.15, 0.2) is 55.1 Å². The number of halogens is 2. The Bertz CT molecular complexity index is 1020. The van der Waals surface area contributed by atoms with E-state index in [0.29, 0.717) is 10.6 Å². The van der Waals surface area contributed by atoms with E-state index in [0.717, 1.165) is 0 Å². The molecule has 3 aromatic rings. The van der Waals surface area contributed by atoms with E-state index in [4.69, 9.17) is 23.2 Å². The van der Waals surface area contributed by atoms with Gasteiger partial charge in [0.2, 0.25) is 5.78 Å². The molecule has 0 aliphatic carbocycles. The Hall–Kier alpha value is -3.03. The average Bonchev–Trinajstić information content (AvgIpc) is 3.13. The summed E-state index contributed by atoms with van der Waals surface area (Å²) in [6.07, 6.45) is 4.11. The summed E-state index contributed by atoms with van der Waals surface area (Å²) >= 11 is 12.0. The third kappa shape index (κ3) is 3.79. The Morgan fingerprint density at radius 1 is 1.19 bits per heavy atom. The molecule has 26 heavy (non-hydrogen) atoms. The highest BCUT2D eigenvalue weighted by molar-refractivity contribution is 6.40. The summed E-state index contributed by atoms with van der Waals surface area (Å²) in [5.74, 6) is -0.427. The molecule has 9 heteroatoms. The van der Waals surface area contributed by atoms with Gasteiger partial charge in [-0.05, 0) is 29.8 Å². The van der Waals surface area contributed by atoms with Crippen molar-refractivity contribution in [2.75, 3.05) is 0 Å². The topological polar surface area (TPSA) is 90.9 Å². The number of Topliss-reactive ketones (excluding diaryl/α,β-unsaturated/α-hetero) is 1. The second-order valence-electron chi connectivity index (χ2n) is 5.18. The normalized spacial score (nSPS) is 11.4. The number of carbonyl (C=O) groups is 1. The van der Waals surface area contributed by atoms with Gasteiger partial charge in [0.1, 0.15) is 18.4 Å². The number of ketones is 1. The minimum absolute atomic E-state index is 0.0892. The highest BCUT2D eigenvalue weighted by Crippen LogP contribution is 2.26. The van der Waals surface area contributed by atoms with E-state index in [2.05, 4.69) is 10.1 Å². The van der Waals surface area contributed by atoms with E-state index in [-0.39, 0.29) is 22.0 Å². The molecule has 0 fully saturated rings. The third-order valence-electron chi connectivity index (χ3n) is 3.46. The quantitative estimate of drug-likeness (QED) is 0.280. The molecule has 0 saturated heterocycles. The van der Waals surface area contributed by atoms with Crippen LogP contribution in [-0.2, 0) is 0 Å². The van der Waals surface area contributed by atoms with Gasteiger partial charge in [0.05, 0.1) is 9.95 Å². The van der Waals surface area contributed by atoms with Crippen molar-refractivity contribution in [3.05, 3.63) is 86.4 Å². The zero-order valence-electron chi connectivity index (χ0n) is 13.0. The van der Waals surface area contributed by atoms with Crippen molar-refractivity contribution in [2.45, 2.75) is 0 Å². The first kappa shape index (κ1) is 17.8. The Labute approximate surface area is 157 Å². The zero-order chi connectivity index (χ0) is 18.7. The fraction of sp³-hybridized carbons (Fsp3) is 0. The van der Waals surface area contributed by atoms with Crippen LogP contribution in [0.1, 0.15) is 15.9 Å². The second kappa shape index (κ2) is 7.47. The van der Waals surface area contributed by atoms with E-state index in [1.807, 2.05) is 0 Å². The predicted molar refractivity (Wildman–Crippen MR) is 98.1 cm³/mol. The van der Waals surface area contributed by atoms with Crippen molar-refractivity contribution in [2.24, 2.45) is 0 Å². The molecule has 0 spiro atoms. The van der Waals surface area contributed by atoms with Crippen LogP contribution in [0, 0.1) is 10.1 Å². The Morgan fingerprint density at radius 2 is 2.00 bits per heavy atom. The molecule has 1 aromatic heterocycles. The molecule has 0 amide bonds. The summed E-state index contributed by atoms with van der Waals surface area (Å²) in [4.78, 5) is 27.3. The molecule has 0 atom stereocenters. The summed E-state index contributed by atoms with van der Waals surface area (Å²) in [5.41, 5.74) is 0.729. The number of aromatic nitrogens is 3. The van der Waals surface area contributed by atoms with Gasteiger partial charge in [-0.3, -0.25) is 14.9 Å². The second-order valence-corrected chi connectivity index (χ2v) is 6.02. The lowest BCUT2D eigenvalue weighted by molar-refractivity contribution is -0.384. The van der Waals surface area contributed by atoms with Gasteiger partial charge in [-0.2, -0.15) is 5.10 Å². The minimum Gasteiger partial charge on any atom is -0.287 e. The maximum absolute atomic E-state index is 13.0. The van der Waals surface area contributed by atoms with Gasteiger partial charge >= 0.3 is 0 Å². The summed E-state index contributed by atoms with van der Waals surface area (Å²) in [7, 11) is 0. The summed E-state index contributed by atoms with van der Waals surface area (Å²) in [6.45, 7) is 0. The molecule has 0 aliphatic heterocycles. The van der Waals surface area contributed by atoms with Crippen LogP contribution in [0.3, 0.4) is 0 Å². The molecule has 1 heterocycles. The standard InChI is InChI=1S/C17H10Cl2N4O3/c18-12-4-5-14(15(19)8-12)17(24)16(22-10-20-9-21-22)7-11-2-1-3-13(6-11)23(25)26/h1-10H/b16-7+. The van der Waals surface area contributed by atoms with Gasteiger partial charge in [0.25, 0.3) is 5.69 Å². The minimum atomic E-state index is -0.510. The van der Waals surface area contributed by atoms with Gasteiger partial charge < -0.3 is 0 Å². The molecule has 0 N–H and O–H groups in total. The molecule has 130 valence electrons. The smallest absolute Gasteiger partial charge is 0.270 e.